The van der Waals surface area contributed by atoms with Gasteiger partial charge in [-0.05, 0) is 26.2 Å². The van der Waals surface area contributed by atoms with E-state index in [2.05, 4.69) is 15.4 Å². The van der Waals surface area contributed by atoms with Gasteiger partial charge in [0.05, 0.1) is 0 Å². The van der Waals surface area contributed by atoms with Crippen LogP contribution in [-0.2, 0) is 19.1 Å². The number of cyclic esters (lactones) is 2. The van der Waals surface area contributed by atoms with Gasteiger partial charge in [0.15, 0.2) is 0 Å². The van der Waals surface area contributed by atoms with E-state index in [1.807, 2.05) is 0 Å². The summed E-state index contributed by atoms with van der Waals surface area (Å²) < 4.78 is 4.33. The second-order valence-electron chi connectivity index (χ2n) is 4.45. The molecule has 1 aliphatic rings. The number of alkyl carbamates (subject to hydrolysis) is 1. The molecule has 0 aromatic rings. The zero-order valence-corrected chi connectivity index (χ0v) is 10.9. The van der Waals surface area contributed by atoms with E-state index in [0.717, 1.165) is 0 Å². The second kappa shape index (κ2) is 7.50. The van der Waals surface area contributed by atoms with E-state index in [1.54, 1.807) is 0 Å². The van der Waals surface area contributed by atoms with E-state index in [-0.39, 0.29) is 24.5 Å². The SMILES string of the molecule is CC(=O)CCC(=O)NCCCCC1NC(=O)OC1=O. The fourth-order valence-electron chi connectivity index (χ4n) is 1.66. The topological polar surface area (TPSA) is 102 Å². The Kier molecular flexibility index (Phi) is 5.98. The highest BCUT2D eigenvalue weighted by Gasteiger charge is 2.31. The Morgan fingerprint density at radius 3 is 2.58 bits per heavy atom. The minimum absolute atomic E-state index is 0.00867. The summed E-state index contributed by atoms with van der Waals surface area (Å²) in [5.74, 6) is -0.704. The third-order valence-corrected chi connectivity index (χ3v) is 2.72. The molecule has 2 amide bonds. The van der Waals surface area contributed by atoms with E-state index in [1.165, 1.54) is 6.92 Å². The highest BCUT2D eigenvalue weighted by atomic mass is 16.6. The molecule has 0 aromatic carbocycles. The van der Waals surface area contributed by atoms with Gasteiger partial charge in [-0.25, -0.2) is 9.59 Å². The van der Waals surface area contributed by atoms with Crippen LogP contribution in [-0.4, -0.2) is 36.3 Å². The molecule has 1 atom stereocenters. The van der Waals surface area contributed by atoms with Gasteiger partial charge in [-0.3, -0.25) is 4.79 Å². The highest BCUT2D eigenvalue weighted by molar-refractivity contribution is 5.95. The van der Waals surface area contributed by atoms with Gasteiger partial charge in [-0.15, -0.1) is 0 Å². The number of rotatable bonds is 8. The Balaban J connectivity index is 2.02. The van der Waals surface area contributed by atoms with E-state index >= 15 is 0 Å². The van der Waals surface area contributed by atoms with Crippen molar-refractivity contribution in [3.8, 4) is 0 Å². The summed E-state index contributed by atoms with van der Waals surface area (Å²) in [4.78, 5) is 43.8. The third-order valence-electron chi connectivity index (χ3n) is 2.72. The van der Waals surface area contributed by atoms with Crippen LogP contribution in [0, 0.1) is 0 Å². The van der Waals surface area contributed by atoms with Crippen LogP contribution in [0.1, 0.15) is 39.0 Å². The fraction of sp³-hybridized carbons (Fsp3) is 0.667. The molecule has 2 N–H and O–H groups in total. The summed E-state index contributed by atoms with van der Waals surface area (Å²) >= 11 is 0. The Labute approximate surface area is 111 Å². The number of carbonyl (C=O) groups excluding carboxylic acids is 4. The van der Waals surface area contributed by atoms with Crippen LogP contribution in [0.2, 0.25) is 0 Å². The molecular formula is C12H18N2O5. The van der Waals surface area contributed by atoms with Crippen LogP contribution in [0.25, 0.3) is 0 Å². The quantitative estimate of drug-likeness (QED) is 0.374. The molecule has 0 spiro atoms. The highest BCUT2D eigenvalue weighted by Crippen LogP contribution is 2.08. The molecule has 0 aromatic heterocycles. The minimum atomic E-state index is -0.701. The first-order chi connectivity index (χ1) is 8.99. The Hall–Kier alpha value is -1.92. The first-order valence-corrected chi connectivity index (χ1v) is 6.27. The number of carbonyl (C=O) groups is 4. The fourth-order valence-corrected chi connectivity index (χ4v) is 1.66. The molecule has 0 bridgehead atoms. The summed E-state index contributed by atoms with van der Waals surface area (Å²) in [6, 6.07) is -0.569. The molecule has 0 radical (unpaired) electrons. The second-order valence-corrected chi connectivity index (χ2v) is 4.45. The lowest BCUT2D eigenvalue weighted by Gasteiger charge is -2.06. The minimum Gasteiger partial charge on any atom is -0.375 e. The monoisotopic (exact) mass is 270 g/mol. The van der Waals surface area contributed by atoms with Gasteiger partial charge in [0.2, 0.25) is 5.91 Å². The average molecular weight is 270 g/mol. The van der Waals surface area contributed by atoms with Crippen molar-refractivity contribution in [2.45, 2.75) is 45.1 Å². The van der Waals surface area contributed by atoms with Crippen molar-refractivity contribution in [2.75, 3.05) is 6.54 Å². The van der Waals surface area contributed by atoms with Crippen molar-refractivity contribution in [1.29, 1.82) is 0 Å². The first-order valence-electron chi connectivity index (χ1n) is 6.27. The number of amides is 2. The van der Waals surface area contributed by atoms with Crippen molar-refractivity contribution in [3.05, 3.63) is 0 Å². The van der Waals surface area contributed by atoms with Gasteiger partial charge in [0, 0.05) is 19.4 Å². The predicted octanol–water partition coefficient (Wildman–Crippen LogP) is 0.277. The van der Waals surface area contributed by atoms with Gasteiger partial charge in [-0.1, -0.05) is 0 Å². The van der Waals surface area contributed by atoms with E-state index in [4.69, 9.17) is 0 Å². The number of Topliss-reactive ketones (excluding diaryl/α,β-unsaturated/α-hetero) is 1. The Bertz CT molecular complexity index is 380. The molecule has 106 valence electrons. The lowest BCUT2D eigenvalue weighted by atomic mass is 10.1. The Morgan fingerprint density at radius 1 is 1.26 bits per heavy atom. The zero-order chi connectivity index (χ0) is 14.3. The van der Waals surface area contributed by atoms with Gasteiger partial charge in [0.25, 0.3) is 0 Å². The normalized spacial score (nSPS) is 17.8. The van der Waals surface area contributed by atoms with Crippen LogP contribution in [0.5, 0.6) is 0 Å². The molecule has 7 heteroatoms. The Morgan fingerprint density at radius 2 is 2.00 bits per heavy atom. The number of esters is 1. The zero-order valence-electron chi connectivity index (χ0n) is 10.9. The number of nitrogens with one attached hydrogen (secondary N) is 2. The van der Waals surface area contributed by atoms with Crippen molar-refractivity contribution >= 4 is 23.8 Å². The van der Waals surface area contributed by atoms with Crippen molar-refractivity contribution in [2.24, 2.45) is 0 Å². The standard InChI is InChI=1S/C12H18N2O5/c1-8(15)5-6-10(16)13-7-3-2-4-9-11(17)19-12(18)14-9/h9H,2-7H2,1H3,(H,13,16)(H,14,18). The number of unbranched alkanes of at least 4 members (excludes halogenated alkanes) is 1. The summed E-state index contributed by atoms with van der Waals surface area (Å²) in [6.07, 6.45) is 1.64. The lowest BCUT2D eigenvalue weighted by molar-refractivity contribution is -0.135. The maximum absolute atomic E-state index is 11.3. The van der Waals surface area contributed by atoms with Crippen LogP contribution in [0.15, 0.2) is 0 Å². The number of ketones is 1. The molecule has 1 fully saturated rings. The number of hydrogen-bond donors (Lipinski definition) is 2. The third kappa shape index (κ3) is 5.98. The molecule has 1 rings (SSSR count). The molecular weight excluding hydrogens is 252 g/mol. The van der Waals surface area contributed by atoms with Crippen molar-refractivity contribution < 1.29 is 23.9 Å². The molecule has 1 heterocycles. The maximum Gasteiger partial charge on any atom is 0.415 e. The van der Waals surface area contributed by atoms with E-state index < -0.39 is 18.1 Å². The van der Waals surface area contributed by atoms with E-state index in [0.29, 0.717) is 25.8 Å². The van der Waals surface area contributed by atoms with Crippen molar-refractivity contribution in [1.82, 2.24) is 10.6 Å². The van der Waals surface area contributed by atoms with Gasteiger partial charge < -0.3 is 20.2 Å². The van der Waals surface area contributed by atoms with Crippen LogP contribution in [0.3, 0.4) is 0 Å². The molecule has 1 aliphatic heterocycles. The number of hydrogen-bond acceptors (Lipinski definition) is 5. The lowest BCUT2D eigenvalue weighted by Crippen LogP contribution is -2.29. The van der Waals surface area contributed by atoms with Crippen LogP contribution < -0.4 is 10.6 Å². The molecule has 1 saturated heterocycles. The average Bonchev–Trinajstić information content (AvgIpc) is 2.65. The summed E-state index contributed by atoms with van der Waals surface area (Å²) in [6.45, 7) is 1.94. The molecule has 19 heavy (non-hydrogen) atoms. The molecule has 1 unspecified atom stereocenters. The smallest absolute Gasteiger partial charge is 0.375 e. The van der Waals surface area contributed by atoms with Gasteiger partial charge in [0.1, 0.15) is 11.8 Å². The molecule has 7 nitrogen and oxygen atoms in total. The first kappa shape index (κ1) is 15.1. The van der Waals surface area contributed by atoms with Gasteiger partial charge >= 0.3 is 12.1 Å². The summed E-state index contributed by atoms with van der Waals surface area (Å²) in [7, 11) is 0. The van der Waals surface area contributed by atoms with Crippen molar-refractivity contribution in [3.63, 3.8) is 0 Å². The summed E-state index contributed by atoms with van der Waals surface area (Å²) in [5, 5.41) is 5.09. The van der Waals surface area contributed by atoms with Gasteiger partial charge in [-0.2, -0.15) is 0 Å². The predicted molar refractivity (Wildman–Crippen MR) is 65.2 cm³/mol. The molecule has 0 saturated carbocycles. The van der Waals surface area contributed by atoms with Crippen LogP contribution >= 0.6 is 0 Å². The molecule has 0 aliphatic carbocycles. The van der Waals surface area contributed by atoms with Crippen LogP contribution in [0.4, 0.5) is 4.79 Å². The largest absolute Gasteiger partial charge is 0.415 e. The maximum atomic E-state index is 11.3. The summed E-state index contributed by atoms with van der Waals surface area (Å²) in [5.41, 5.74) is 0. The van der Waals surface area contributed by atoms with E-state index in [9.17, 15) is 19.2 Å². The number of ether oxygens (including phenoxy) is 1.